The molecule has 0 bridgehead atoms. The molecule has 0 radical (unpaired) electrons. The van der Waals surface area contributed by atoms with Gasteiger partial charge in [-0.3, -0.25) is 9.69 Å². The molecule has 0 aromatic heterocycles. The van der Waals surface area contributed by atoms with Crippen LogP contribution in [0.4, 0.5) is 16.2 Å². The van der Waals surface area contributed by atoms with Crippen LogP contribution in [-0.4, -0.2) is 25.2 Å². The summed E-state index contributed by atoms with van der Waals surface area (Å²) in [6, 6.07) is 16.8. The van der Waals surface area contributed by atoms with E-state index in [0.717, 1.165) is 16.8 Å². The van der Waals surface area contributed by atoms with Crippen molar-refractivity contribution >= 4 is 28.9 Å². The monoisotopic (exact) mass is 322 g/mol. The van der Waals surface area contributed by atoms with Crippen LogP contribution in [0.1, 0.15) is 12.5 Å². The Bertz CT molecular complexity index is 767. The molecule has 0 aliphatic carbocycles. The molecule has 1 aliphatic heterocycles. The van der Waals surface area contributed by atoms with Crippen molar-refractivity contribution in [1.82, 2.24) is 0 Å². The smallest absolute Gasteiger partial charge is 0.414 e. The van der Waals surface area contributed by atoms with E-state index in [4.69, 9.17) is 4.74 Å². The van der Waals surface area contributed by atoms with Crippen molar-refractivity contribution < 1.29 is 14.3 Å². The normalized spacial score (nSPS) is 14.5. The molecule has 122 valence electrons. The predicted molar refractivity (Wildman–Crippen MR) is 93.9 cm³/mol. The zero-order valence-corrected chi connectivity index (χ0v) is 13.4. The number of benzene rings is 2. The number of cyclic esters (lactones) is 1. The first-order chi connectivity index (χ1) is 11.6. The number of allylic oxidation sites excluding steroid dienone is 1. The molecule has 24 heavy (non-hydrogen) atoms. The quantitative estimate of drug-likeness (QED) is 0.874. The van der Waals surface area contributed by atoms with Gasteiger partial charge in [0.1, 0.15) is 6.61 Å². The van der Waals surface area contributed by atoms with Crippen LogP contribution >= 0.6 is 0 Å². The third-order valence-corrected chi connectivity index (χ3v) is 3.78. The fourth-order valence-electron chi connectivity index (χ4n) is 2.51. The summed E-state index contributed by atoms with van der Waals surface area (Å²) in [5.74, 6) is -0.190. The number of ether oxygens (including phenoxy) is 1. The fraction of sp³-hybridized carbons (Fsp3) is 0.158. The lowest BCUT2D eigenvalue weighted by molar-refractivity contribution is -0.111. The van der Waals surface area contributed by atoms with Crippen molar-refractivity contribution in [3.63, 3.8) is 0 Å². The van der Waals surface area contributed by atoms with E-state index in [-0.39, 0.29) is 12.0 Å². The van der Waals surface area contributed by atoms with Gasteiger partial charge in [-0.2, -0.15) is 0 Å². The van der Waals surface area contributed by atoms with E-state index < -0.39 is 0 Å². The molecule has 3 rings (SSSR count). The van der Waals surface area contributed by atoms with Gasteiger partial charge in [-0.05, 0) is 42.3 Å². The summed E-state index contributed by atoms with van der Waals surface area (Å²) in [6.07, 6.45) is 1.23. The molecular weight excluding hydrogens is 304 g/mol. The minimum Gasteiger partial charge on any atom is -0.447 e. The van der Waals surface area contributed by atoms with Crippen LogP contribution in [0.2, 0.25) is 0 Å². The Morgan fingerprint density at radius 3 is 2.46 bits per heavy atom. The van der Waals surface area contributed by atoms with Crippen LogP contribution in [0.5, 0.6) is 0 Å². The van der Waals surface area contributed by atoms with Gasteiger partial charge in [0.15, 0.2) is 0 Å². The van der Waals surface area contributed by atoms with Crippen LogP contribution < -0.4 is 10.2 Å². The molecule has 1 N–H and O–H groups in total. The van der Waals surface area contributed by atoms with Gasteiger partial charge >= 0.3 is 6.09 Å². The van der Waals surface area contributed by atoms with E-state index in [1.165, 1.54) is 0 Å². The molecule has 5 heteroatoms. The Hall–Kier alpha value is -3.08. The standard InChI is InChI=1S/C19H18N2O3/c1-14(15-5-3-2-4-6-15)13-18(22)20-16-7-9-17(10-8-16)21-11-12-24-19(21)23/h2-10,13H,11-12H2,1H3,(H,20,22)/b14-13+. The van der Waals surface area contributed by atoms with E-state index >= 15 is 0 Å². The van der Waals surface area contributed by atoms with Gasteiger partial charge < -0.3 is 10.1 Å². The number of anilines is 2. The summed E-state index contributed by atoms with van der Waals surface area (Å²) >= 11 is 0. The predicted octanol–water partition coefficient (Wildman–Crippen LogP) is 3.69. The largest absolute Gasteiger partial charge is 0.447 e. The molecule has 2 aromatic carbocycles. The van der Waals surface area contributed by atoms with E-state index in [1.54, 1.807) is 35.2 Å². The third kappa shape index (κ3) is 3.63. The van der Waals surface area contributed by atoms with Gasteiger partial charge in [0.2, 0.25) is 5.91 Å². The number of carbonyl (C=O) groups is 2. The lowest BCUT2D eigenvalue weighted by atomic mass is 10.1. The molecule has 1 aliphatic rings. The molecule has 1 heterocycles. The second-order valence-corrected chi connectivity index (χ2v) is 5.50. The van der Waals surface area contributed by atoms with Crippen molar-refractivity contribution in [2.24, 2.45) is 0 Å². The number of hydrogen-bond acceptors (Lipinski definition) is 3. The van der Waals surface area contributed by atoms with Crippen molar-refractivity contribution in [3.8, 4) is 0 Å². The second-order valence-electron chi connectivity index (χ2n) is 5.50. The first-order valence-corrected chi connectivity index (χ1v) is 7.72. The molecule has 2 aromatic rings. The van der Waals surface area contributed by atoms with Crippen molar-refractivity contribution in [3.05, 3.63) is 66.2 Å². The van der Waals surface area contributed by atoms with Crippen molar-refractivity contribution in [2.45, 2.75) is 6.92 Å². The molecule has 0 unspecified atom stereocenters. The molecule has 1 fully saturated rings. The minimum absolute atomic E-state index is 0.190. The first-order valence-electron chi connectivity index (χ1n) is 7.72. The average molecular weight is 322 g/mol. The van der Waals surface area contributed by atoms with Crippen LogP contribution in [0.3, 0.4) is 0 Å². The van der Waals surface area contributed by atoms with Gasteiger partial charge in [0, 0.05) is 17.5 Å². The third-order valence-electron chi connectivity index (χ3n) is 3.78. The average Bonchev–Trinajstić information content (AvgIpc) is 3.02. The molecule has 2 amide bonds. The topological polar surface area (TPSA) is 58.6 Å². The first kappa shape index (κ1) is 15.8. The molecule has 0 atom stereocenters. The van der Waals surface area contributed by atoms with Crippen LogP contribution in [0.15, 0.2) is 60.7 Å². The Labute approximate surface area is 140 Å². The number of rotatable bonds is 4. The maximum atomic E-state index is 12.1. The van der Waals surface area contributed by atoms with E-state index in [1.807, 2.05) is 37.3 Å². The summed E-state index contributed by atoms with van der Waals surface area (Å²) < 4.78 is 4.91. The lowest BCUT2D eigenvalue weighted by Crippen LogP contribution is -2.23. The van der Waals surface area contributed by atoms with Gasteiger partial charge in [-0.15, -0.1) is 0 Å². The lowest BCUT2D eigenvalue weighted by Gasteiger charge is -2.13. The fourth-order valence-corrected chi connectivity index (χ4v) is 2.51. The van der Waals surface area contributed by atoms with Crippen LogP contribution in [0.25, 0.3) is 5.57 Å². The van der Waals surface area contributed by atoms with Crippen molar-refractivity contribution in [2.75, 3.05) is 23.4 Å². The van der Waals surface area contributed by atoms with E-state index in [2.05, 4.69) is 5.32 Å². The summed E-state index contributed by atoms with van der Waals surface area (Å²) in [6.45, 7) is 2.85. The van der Waals surface area contributed by atoms with Crippen molar-refractivity contribution in [1.29, 1.82) is 0 Å². The highest BCUT2D eigenvalue weighted by Gasteiger charge is 2.23. The summed E-state index contributed by atoms with van der Waals surface area (Å²) in [7, 11) is 0. The number of hydrogen-bond donors (Lipinski definition) is 1. The summed E-state index contributed by atoms with van der Waals surface area (Å²) in [5.41, 5.74) is 3.33. The Kier molecular flexibility index (Phi) is 4.61. The van der Waals surface area contributed by atoms with Gasteiger partial charge in [0.25, 0.3) is 0 Å². The molecule has 1 saturated heterocycles. The highest BCUT2D eigenvalue weighted by molar-refractivity contribution is 6.04. The molecule has 0 saturated carbocycles. The summed E-state index contributed by atoms with van der Waals surface area (Å²) in [4.78, 5) is 25.2. The highest BCUT2D eigenvalue weighted by atomic mass is 16.6. The molecular formula is C19H18N2O3. The zero-order chi connectivity index (χ0) is 16.9. The number of nitrogens with one attached hydrogen (secondary N) is 1. The number of nitrogens with zero attached hydrogens (tertiary/aromatic N) is 1. The number of carbonyl (C=O) groups excluding carboxylic acids is 2. The van der Waals surface area contributed by atoms with E-state index in [9.17, 15) is 9.59 Å². The maximum Gasteiger partial charge on any atom is 0.414 e. The number of amides is 2. The van der Waals surface area contributed by atoms with Crippen LogP contribution in [-0.2, 0) is 9.53 Å². The Morgan fingerprint density at radius 2 is 1.83 bits per heavy atom. The maximum absolute atomic E-state index is 12.1. The van der Waals surface area contributed by atoms with Gasteiger partial charge in [0.05, 0.1) is 6.54 Å². The van der Waals surface area contributed by atoms with E-state index in [0.29, 0.717) is 18.8 Å². The Morgan fingerprint density at radius 1 is 1.12 bits per heavy atom. The Balaban J connectivity index is 1.65. The minimum atomic E-state index is -0.340. The second kappa shape index (κ2) is 7.00. The molecule has 5 nitrogen and oxygen atoms in total. The van der Waals surface area contributed by atoms with Gasteiger partial charge in [-0.1, -0.05) is 30.3 Å². The van der Waals surface area contributed by atoms with Crippen LogP contribution in [0, 0.1) is 0 Å². The van der Waals surface area contributed by atoms with Gasteiger partial charge in [-0.25, -0.2) is 4.79 Å². The highest BCUT2D eigenvalue weighted by Crippen LogP contribution is 2.21. The molecule has 0 spiro atoms. The SMILES string of the molecule is C/C(=C\C(=O)Nc1ccc(N2CCOC2=O)cc1)c1ccccc1. The summed E-state index contributed by atoms with van der Waals surface area (Å²) in [5, 5.41) is 2.82. The zero-order valence-electron chi connectivity index (χ0n) is 13.4.